The molecule has 4 aliphatic rings. The fourth-order valence-electron chi connectivity index (χ4n) is 9.28. The number of ether oxygens (including phenoxy) is 1. The topological polar surface area (TPSA) is 146 Å². The number of likely N-dealkylation sites (tertiary alicyclic amines) is 2. The van der Waals surface area contributed by atoms with Crippen LogP contribution in [-0.2, 0) is 9.59 Å². The van der Waals surface area contributed by atoms with E-state index >= 15 is 4.39 Å². The molecular formula is C45H51FN6O7. The van der Waals surface area contributed by atoms with Gasteiger partial charge in [0.25, 0.3) is 5.91 Å². The van der Waals surface area contributed by atoms with Crippen molar-refractivity contribution in [3.63, 3.8) is 0 Å². The monoisotopic (exact) mass is 806 g/mol. The number of aromatic nitrogens is 1. The van der Waals surface area contributed by atoms with Crippen LogP contribution in [0.4, 0.5) is 10.1 Å². The Hall–Kier alpha value is -5.47. The average Bonchev–Trinajstić information content (AvgIpc) is 3.68. The maximum Gasteiger partial charge on any atom is 0.255 e. The summed E-state index contributed by atoms with van der Waals surface area (Å²) in [5.74, 6) is 0.414. The Morgan fingerprint density at radius 1 is 0.881 bits per heavy atom. The lowest BCUT2D eigenvalue weighted by atomic mass is 9.91. The number of nitrogens with zero attached hydrogens (tertiary/aromatic N) is 5. The third kappa shape index (κ3) is 9.08. The van der Waals surface area contributed by atoms with E-state index in [2.05, 4.69) is 20.3 Å². The van der Waals surface area contributed by atoms with Gasteiger partial charge in [-0.2, -0.15) is 0 Å². The minimum atomic E-state index is -0.871. The van der Waals surface area contributed by atoms with E-state index < -0.39 is 29.6 Å². The normalized spacial score (nSPS) is 20.4. The molecule has 0 radical (unpaired) electrons. The second-order valence-electron chi connectivity index (χ2n) is 16.6. The van der Waals surface area contributed by atoms with Crippen molar-refractivity contribution in [2.45, 2.75) is 63.5 Å². The maximum atomic E-state index is 15.6. The average molecular weight is 807 g/mol. The zero-order valence-electron chi connectivity index (χ0n) is 33.4. The van der Waals surface area contributed by atoms with Gasteiger partial charge in [0.15, 0.2) is 12.0 Å². The van der Waals surface area contributed by atoms with E-state index in [1.165, 1.54) is 30.9 Å². The Labute approximate surface area is 342 Å². The highest BCUT2D eigenvalue weighted by Gasteiger charge is 2.34. The number of carbonyl (C=O) groups is 5. The third-order valence-electron chi connectivity index (χ3n) is 12.7. The summed E-state index contributed by atoms with van der Waals surface area (Å²) in [5, 5.41) is 7.20. The van der Waals surface area contributed by atoms with E-state index in [4.69, 9.17) is 9.26 Å². The van der Waals surface area contributed by atoms with Gasteiger partial charge in [-0.25, -0.2) is 4.39 Å². The van der Waals surface area contributed by atoms with Gasteiger partial charge in [0.1, 0.15) is 35.5 Å². The number of hydrogen-bond donors (Lipinski definition) is 1. The van der Waals surface area contributed by atoms with Gasteiger partial charge >= 0.3 is 0 Å². The van der Waals surface area contributed by atoms with E-state index in [0.29, 0.717) is 53.7 Å². The largest absolute Gasteiger partial charge is 0.490 e. The lowest BCUT2D eigenvalue weighted by Gasteiger charge is -2.40. The highest BCUT2D eigenvalue weighted by molar-refractivity contribution is 6.06. The predicted molar refractivity (Wildman–Crippen MR) is 219 cm³/mol. The highest BCUT2D eigenvalue weighted by atomic mass is 19.1. The van der Waals surface area contributed by atoms with E-state index in [0.717, 1.165) is 94.0 Å². The Balaban J connectivity index is 0.759. The van der Waals surface area contributed by atoms with Crippen molar-refractivity contribution in [2.75, 3.05) is 64.3 Å². The number of nitrogens with one attached hydrogen (secondary N) is 1. The lowest BCUT2D eigenvalue weighted by molar-refractivity contribution is -0.136. The Morgan fingerprint density at radius 3 is 2.25 bits per heavy atom. The summed E-state index contributed by atoms with van der Waals surface area (Å²) < 4.78 is 27.7. The first-order chi connectivity index (χ1) is 28.6. The molecule has 5 heterocycles. The Bertz CT molecular complexity index is 2200. The van der Waals surface area contributed by atoms with E-state index in [9.17, 15) is 24.0 Å². The molecule has 13 nitrogen and oxygen atoms in total. The van der Waals surface area contributed by atoms with Gasteiger partial charge in [0, 0.05) is 69.4 Å². The molecule has 3 amide bonds. The minimum absolute atomic E-state index is 0.0739. The van der Waals surface area contributed by atoms with Crippen LogP contribution >= 0.6 is 0 Å². The molecule has 4 saturated heterocycles. The van der Waals surface area contributed by atoms with Crippen molar-refractivity contribution in [1.82, 2.24) is 25.2 Å². The molecule has 0 aliphatic carbocycles. The molecule has 0 spiro atoms. The zero-order chi connectivity index (χ0) is 41.0. The number of anilines is 1. The molecule has 1 atom stereocenters. The minimum Gasteiger partial charge on any atom is -0.490 e. The van der Waals surface area contributed by atoms with Crippen LogP contribution in [0.3, 0.4) is 0 Å². The SMILES string of the molecule is CN(C(=O)c1cc(F)c(N2CCC(CN3CCC(CN4CCC(Oc5cccc(-c6onc7ccc(C=O)cc67)c5)CC4)CC3)CC2)cc1C=O)C1CCC(=O)NC1=O. The van der Waals surface area contributed by atoms with Crippen LogP contribution in [0.1, 0.15) is 82.4 Å². The van der Waals surface area contributed by atoms with Crippen molar-refractivity contribution < 1.29 is 37.6 Å². The first kappa shape index (κ1) is 40.3. The number of hydrogen-bond acceptors (Lipinski definition) is 11. The van der Waals surface area contributed by atoms with Crippen LogP contribution < -0.4 is 15.0 Å². The van der Waals surface area contributed by atoms with Gasteiger partial charge in [-0.1, -0.05) is 17.3 Å². The fourth-order valence-corrected chi connectivity index (χ4v) is 9.28. The smallest absolute Gasteiger partial charge is 0.255 e. The number of amides is 3. The number of aldehydes is 2. The maximum absolute atomic E-state index is 15.6. The van der Waals surface area contributed by atoms with Crippen molar-refractivity contribution in [1.29, 1.82) is 0 Å². The first-order valence-electron chi connectivity index (χ1n) is 20.9. The number of halogens is 1. The van der Waals surface area contributed by atoms with E-state index in [-0.39, 0.29) is 30.1 Å². The van der Waals surface area contributed by atoms with Gasteiger partial charge in [0.05, 0.1) is 16.6 Å². The summed E-state index contributed by atoms with van der Waals surface area (Å²) in [5.41, 5.74) is 2.44. The van der Waals surface area contributed by atoms with Crippen molar-refractivity contribution in [2.24, 2.45) is 11.8 Å². The number of imide groups is 1. The zero-order valence-corrected chi connectivity index (χ0v) is 33.4. The molecular weight excluding hydrogens is 756 g/mol. The molecule has 1 unspecified atom stereocenters. The van der Waals surface area contributed by atoms with Crippen molar-refractivity contribution in [3.05, 3.63) is 77.1 Å². The molecule has 14 heteroatoms. The molecule has 0 saturated carbocycles. The number of benzene rings is 3. The molecule has 4 aromatic rings. The molecule has 59 heavy (non-hydrogen) atoms. The second-order valence-corrected chi connectivity index (χ2v) is 16.6. The van der Waals surface area contributed by atoms with Crippen LogP contribution in [0.2, 0.25) is 0 Å². The van der Waals surface area contributed by atoms with Crippen molar-refractivity contribution >= 4 is 46.9 Å². The summed E-state index contributed by atoms with van der Waals surface area (Å²) in [6.07, 6.45) is 7.92. The Morgan fingerprint density at radius 2 is 1.58 bits per heavy atom. The van der Waals surface area contributed by atoms with Crippen LogP contribution in [0.5, 0.6) is 5.75 Å². The molecule has 4 fully saturated rings. The molecule has 4 aliphatic heterocycles. The molecule has 310 valence electrons. The van der Waals surface area contributed by atoms with Crippen LogP contribution in [-0.4, -0.2) is 122 Å². The summed E-state index contributed by atoms with van der Waals surface area (Å²) >= 11 is 0. The summed E-state index contributed by atoms with van der Waals surface area (Å²) in [7, 11) is 1.43. The predicted octanol–water partition coefficient (Wildman–Crippen LogP) is 5.61. The molecule has 8 rings (SSSR count). The molecule has 0 bridgehead atoms. The quantitative estimate of drug-likeness (QED) is 0.141. The Kier molecular flexibility index (Phi) is 12.2. The third-order valence-corrected chi connectivity index (χ3v) is 12.7. The van der Waals surface area contributed by atoms with E-state index in [1.54, 1.807) is 18.2 Å². The van der Waals surface area contributed by atoms with Gasteiger partial charge < -0.3 is 28.9 Å². The second kappa shape index (κ2) is 17.8. The van der Waals surface area contributed by atoms with Crippen LogP contribution in [0, 0.1) is 17.7 Å². The highest BCUT2D eigenvalue weighted by Crippen LogP contribution is 2.33. The van der Waals surface area contributed by atoms with Gasteiger partial charge in [0.2, 0.25) is 11.8 Å². The summed E-state index contributed by atoms with van der Waals surface area (Å²) in [6.45, 7) is 7.64. The molecule has 3 aromatic carbocycles. The lowest BCUT2D eigenvalue weighted by Crippen LogP contribution is -2.53. The number of carbonyl (C=O) groups excluding carboxylic acids is 5. The summed E-state index contributed by atoms with van der Waals surface area (Å²) in [6, 6.07) is 14.9. The number of fused-ring (bicyclic) bond motifs is 1. The standard InChI is InChI=1S/C45H51FN6O7/c1-49(40-7-8-42(55)47-44(40)56)45(57)36-24-38(46)41(23-33(36)28-54)52-19-11-30(12-20-52)26-50-15-9-29(10-16-50)25-51-17-13-34(14-18-51)58-35-4-2-3-32(22-35)43-37-21-31(27-53)5-6-39(37)48-59-43/h2-6,21-24,27-30,34,40H,7-20,25-26H2,1H3,(H,47,55,56). The van der Waals surface area contributed by atoms with Gasteiger partial charge in [-0.15, -0.1) is 0 Å². The van der Waals surface area contributed by atoms with Gasteiger partial charge in [-0.05, 0) is 112 Å². The number of likely N-dealkylation sites (N-methyl/N-ethyl adjacent to an activating group) is 1. The number of rotatable bonds is 12. The van der Waals surface area contributed by atoms with E-state index in [1.807, 2.05) is 29.2 Å². The first-order valence-corrected chi connectivity index (χ1v) is 20.9. The van der Waals surface area contributed by atoms with Crippen molar-refractivity contribution in [3.8, 4) is 17.1 Å². The fraction of sp³-hybridized carbons (Fsp3) is 0.467. The molecule has 1 N–H and O–H groups in total. The molecule has 1 aromatic heterocycles. The number of piperidine rings is 4. The summed E-state index contributed by atoms with van der Waals surface area (Å²) in [4.78, 5) is 68.9. The van der Waals surface area contributed by atoms with Crippen LogP contribution in [0.15, 0.2) is 59.1 Å². The van der Waals surface area contributed by atoms with Gasteiger partial charge in [-0.3, -0.25) is 29.3 Å². The van der Waals surface area contributed by atoms with Crippen LogP contribution in [0.25, 0.3) is 22.2 Å².